The Kier molecular flexibility index (Phi) is 6.24. The van der Waals surface area contributed by atoms with Crippen LogP contribution in [0.25, 0.3) is 11.3 Å². The van der Waals surface area contributed by atoms with Crippen molar-refractivity contribution < 1.29 is 22.3 Å². The Hall–Kier alpha value is -3.24. The fourth-order valence-electron chi connectivity index (χ4n) is 3.59. The van der Waals surface area contributed by atoms with E-state index >= 15 is 0 Å². The van der Waals surface area contributed by atoms with Crippen LogP contribution in [-0.4, -0.2) is 63.1 Å². The third-order valence-corrected chi connectivity index (χ3v) is 7.26. The molecule has 8 nitrogen and oxygen atoms in total. The Labute approximate surface area is 186 Å². The molecule has 1 aliphatic heterocycles. The molecule has 0 N–H and O–H groups in total. The number of nitrogens with zero attached hydrogens (tertiary/aromatic N) is 4. The van der Waals surface area contributed by atoms with Gasteiger partial charge in [0.25, 0.3) is 0 Å². The van der Waals surface area contributed by atoms with Crippen LogP contribution in [0.5, 0.6) is 11.5 Å². The van der Waals surface area contributed by atoms with Crippen molar-refractivity contribution in [3.8, 4) is 22.8 Å². The van der Waals surface area contributed by atoms with Gasteiger partial charge in [-0.3, -0.25) is 0 Å². The van der Waals surface area contributed by atoms with Crippen LogP contribution < -0.4 is 14.4 Å². The first-order valence-electron chi connectivity index (χ1n) is 9.97. The summed E-state index contributed by atoms with van der Waals surface area (Å²) in [6, 6.07) is 12.3. The lowest BCUT2D eigenvalue weighted by molar-refractivity contribution is 0.355. The van der Waals surface area contributed by atoms with Crippen LogP contribution in [0.4, 0.5) is 10.2 Å². The van der Waals surface area contributed by atoms with Crippen LogP contribution in [-0.2, 0) is 10.0 Å². The first-order valence-corrected chi connectivity index (χ1v) is 11.4. The van der Waals surface area contributed by atoms with Crippen molar-refractivity contribution in [1.29, 1.82) is 0 Å². The fourth-order valence-corrected chi connectivity index (χ4v) is 5.01. The van der Waals surface area contributed by atoms with Crippen LogP contribution in [0.15, 0.2) is 59.8 Å². The van der Waals surface area contributed by atoms with E-state index in [1.165, 1.54) is 22.8 Å². The number of rotatable bonds is 6. The molecule has 1 fully saturated rings. The van der Waals surface area contributed by atoms with E-state index in [0.717, 1.165) is 23.4 Å². The van der Waals surface area contributed by atoms with E-state index in [9.17, 15) is 12.8 Å². The van der Waals surface area contributed by atoms with E-state index in [-0.39, 0.29) is 4.90 Å². The molecule has 0 unspecified atom stereocenters. The maximum atomic E-state index is 13.2. The zero-order valence-corrected chi connectivity index (χ0v) is 18.5. The Balaban J connectivity index is 1.49. The van der Waals surface area contributed by atoms with Gasteiger partial charge in [0.1, 0.15) is 18.0 Å². The molecule has 0 saturated carbocycles. The van der Waals surface area contributed by atoms with Gasteiger partial charge in [0.05, 0.1) is 24.8 Å². The minimum absolute atomic E-state index is 0.0881. The van der Waals surface area contributed by atoms with Crippen LogP contribution in [0.2, 0.25) is 0 Å². The number of hydrogen-bond donors (Lipinski definition) is 0. The van der Waals surface area contributed by atoms with Crippen molar-refractivity contribution in [2.75, 3.05) is 45.3 Å². The van der Waals surface area contributed by atoms with Crippen LogP contribution >= 0.6 is 0 Å². The molecule has 4 rings (SSSR count). The summed E-state index contributed by atoms with van der Waals surface area (Å²) in [5, 5.41) is 0. The molecule has 0 amide bonds. The molecule has 32 heavy (non-hydrogen) atoms. The topological polar surface area (TPSA) is 84.9 Å². The largest absolute Gasteiger partial charge is 0.493 e. The summed E-state index contributed by atoms with van der Waals surface area (Å²) < 4.78 is 50.9. The molecule has 3 aromatic rings. The lowest BCUT2D eigenvalue weighted by Crippen LogP contribution is -2.48. The van der Waals surface area contributed by atoms with Gasteiger partial charge >= 0.3 is 0 Å². The molecule has 0 spiro atoms. The maximum absolute atomic E-state index is 13.2. The highest BCUT2D eigenvalue weighted by atomic mass is 32.2. The summed E-state index contributed by atoms with van der Waals surface area (Å²) in [5.41, 5.74) is 1.57. The zero-order chi connectivity index (χ0) is 22.7. The molecule has 2 aromatic carbocycles. The Morgan fingerprint density at radius 1 is 0.875 bits per heavy atom. The van der Waals surface area contributed by atoms with Crippen molar-refractivity contribution >= 4 is 15.8 Å². The van der Waals surface area contributed by atoms with Gasteiger partial charge in [0, 0.05) is 37.8 Å². The molecule has 1 saturated heterocycles. The number of sulfonamides is 1. The highest BCUT2D eigenvalue weighted by Crippen LogP contribution is 2.32. The predicted octanol–water partition coefficient (Wildman–Crippen LogP) is 2.81. The van der Waals surface area contributed by atoms with Gasteiger partial charge in [-0.1, -0.05) is 0 Å². The Morgan fingerprint density at radius 3 is 2.22 bits per heavy atom. The summed E-state index contributed by atoms with van der Waals surface area (Å²) in [4.78, 5) is 10.8. The number of aromatic nitrogens is 2. The van der Waals surface area contributed by atoms with E-state index in [2.05, 4.69) is 9.97 Å². The standard InChI is InChI=1S/C22H23FN4O4S/c1-30-20-8-3-16(13-21(20)31-2)19-14-22(25-15-24-19)26-9-11-27(12-10-26)32(28,29)18-6-4-17(23)5-7-18/h3-8,13-15H,9-12H2,1-2H3. The molecule has 0 radical (unpaired) electrons. The smallest absolute Gasteiger partial charge is 0.243 e. The molecular formula is C22H23FN4O4S. The molecule has 10 heteroatoms. The third-order valence-electron chi connectivity index (χ3n) is 5.35. The summed E-state index contributed by atoms with van der Waals surface area (Å²) in [6.45, 7) is 1.55. The van der Waals surface area contributed by atoms with Gasteiger partial charge in [-0.05, 0) is 42.5 Å². The minimum Gasteiger partial charge on any atom is -0.493 e. The molecule has 1 aromatic heterocycles. The quantitative estimate of drug-likeness (QED) is 0.562. The van der Waals surface area contributed by atoms with E-state index in [4.69, 9.17) is 9.47 Å². The van der Waals surface area contributed by atoms with Crippen LogP contribution in [0.3, 0.4) is 0 Å². The lowest BCUT2D eigenvalue weighted by atomic mass is 10.1. The molecule has 0 atom stereocenters. The van der Waals surface area contributed by atoms with Gasteiger partial charge in [-0.25, -0.2) is 22.8 Å². The highest BCUT2D eigenvalue weighted by molar-refractivity contribution is 7.89. The number of piperazine rings is 1. The Bertz CT molecular complexity index is 1200. The lowest BCUT2D eigenvalue weighted by Gasteiger charge is -2.34. The summed E-state index contributed by atoms with van der Waals surface area (Å²) in [5.74, 6) is 1.47. The molecule has 0 aliphatic carbocycles. The average molecular weight is 459 g/mol. The minimum atomic E-state index is -3.67. The van der Waals surface area contributed by atoms with E-state index < -0.39 is 15.8 Å². The fraction of sp³-hybridized carbons (Fsp3) is 0.273. The molecule has 168 valence electrons. The second kappa shape index (κ2) is 9.09. The second-order valence-electron chi connectivity index (χ2n) is 7.18. The van der Waals surface area contributed by atoms with Crippen molar-refractivity contribution in [3.05, 3.63) is 60.7 Å². The normalized spacial score (nSPS) is 14.9. The number of halogens is 1. The van der Waals surface area contributed by atoms with E-state index in [0.29, 0.717) is 43.5 Å². The maximum Gasteiger partial charge on any atom is 0.243 e. The van der Waals surface area contributed by atoms with Gasteiger partial charge in [-0.2, -0.15) is 4.31 Å². The van der Waals surface area contributed by atoms with Gasteiger partial charge in [-0.15, -0.1) is 0 Å². The summed E-state index contributed by atoms with van der Waals surface area (Å²) >= 11 is 0. The number of hydrogen-bond acceptors (Lipinski definition) is 7. The number of methoxy groups -OCH3 is 2. The Morgan fingerprint density at radius 2 is 1.56 bits per heavy atom. The second-order valence-corrected chi connectivity index (χ2v) is 9.11. The predicted molar refractivity (Wildman–Crippen MR) is 118 cm³/mol. The summed E-state index contributed by atoms with van der Waals surface area (Å²) in [7, 11) is -0.513. The van der Waals surface area contributed by atoms with Crippen LogP contribution in [0, 0.1) is 5.82 Å². The SMILES string of the molecule is COc1ccc(-c2cc(N3CCN(S(=O)(=O)c4ccc(F)cc4)CC3)ncn2)cc1OC. The molecule has 1 aliphatic rings. The van der Waals surface area contributed by atoms with Crippen molar-refractivity contribution in [2.24, 2.45) is 0 Å². The monoisotopic (exact) mass is 458 g/mol. The van der Waals surface area contributed by atoms with Gasteiger partial charge in [0.15, 0.2) is 11.5 Å². The van der Waals surface area contributed by atoms with E-state index in [1.54, 1.807) is 14.2 Å². The van der Waals surface area contributed by atoms with Crippen molar-refractivity contribution in [1.82, 2.24) is 14.3 Å². The van der Waals surface area contributed by atoms with Crippen LogP contribution in [0.1, 0.15) is 0 Å². The molecule has 2 heterocycles. The molecule has 0 bridgehead atoms. The molecular weight excluding hydrogens is 435 g/mol. The number of ether oxygens (including phenoxy) is 2. The number of benzene rings is 2. The van der Waals surface area contributed by atoms with Crippen molar-refractivity contribution in [2.45, 2.75) is 4.90 Å². The summed E-state index contributed by atoms with van der Waals surface area (Å²) in [6.07, 6.45) is 1.49. The van der Waals surface area contributed by atoms with Gasteiger partial charge < -0.3 is 14.4 Å². The third kappa shape index (κ3) is 4.37. The van der Waals surface area contributed by atoms with Crippen molar-refractivity contribution in [3.63, 3.8) is 0 Å². The highest BCUT2D eigenvalue weighted by Gasteiger charge is 2.29. The first kappa shape index (κ1) is 22.0. The zero-order valence-electron chi connectivity index (χ0n) is 17.7. The van der Waals surface area contributed by atoms with Gasteiger partial charge in [0.2, 0.25) is 10.0 Å². The number of anilines is 1. The van der Waals surface area contributed by atoms with E-state index in [1.807, 2.05) is 29.2 Å². The average Bonchev–Trinajstić information content (AvgIpc) is 2.84. The first-order chi connectivity index (χ1) is 15.4.